The molecule has 0 heterocycles. The first-order chi connectivity index (χ1) is 8.49. The van der Waals surface area contributed by atoms with Crippen molar-refractivity contribution in [3.63, 3.8) is 0 Å². The fraction of sp³-hybridized carbons (Fsp3) is 0.533. The van der Waals surface area contributed by atoms with Crippen LogP contribution in [0.5, 0.6) is 0 Å². The van der Waals surface area contributed by atoms with Gasteiger partial charge in [0.2, 0.25) is 5.91 Å². The van der Waals surface area contributed by atoms with Gasteiger partial charge in [-0.05, 0) is 50.8 Å². The highest BCUT2D eigenvalue weighted by molar-refractivity contribution is 5.84. The minimum atomic E-state index is -0.578. The van der Waals surface area contributed by atoms with E-state index < -0.39 is 5.54 Å². The van der Waals surface area contributed by atoms with E-state index in [2.05, 4.69) is 36.5 Å². The summed E-state index contributed by atoms with van der Waals surface area (Å²) >= 11 is 0. The second-order valence-electron chi connectivity index (χ2n) is 5.01. The first-order valence-electron chi connectivity index (χ1n) is 6.59. The summed E-state index contributed by atoms with van der Waals surface area (Å²) < 4.78 is 0. The molecule has 0 fully saturated rings. The largest absolute Gasteiger partial charge is 0.368 e. The van der Waals surface area contributed by atoms with Gasteiger partial charge in [0, 0.05) is 0 Å². The van der Waals surface area contributed by atoms with E-state index in [-0.39, 0.29) is 5.91 Å². The summed E-state index contributed by atoms with van der Waals surface area (Å²) in [7, 11) is 0. The maximum atomic E-state index is 11.3. The molecule has 3 nitrogen and oxygen atoms in total. The summed E-state index contributed by atoms with van der Waals surface area (Å²) in [6.45, 7) is 6.77. The summed E-state index contributed by atoms with van der Waals surface area (Å²) in [5.41, 5.74) is 7.52. The van der Waals surface area contributed by atoms with Crippen LogP contribution < -0.4 is 11.1 Å². The van der Waals surface area contributed by atoms with Crippen LogP contribution in [0.2, 0.25) is 0 Å². The number of carbonyl (C=O) groups excluding carboxylic acids is 1. The molecule has 0 saturated carbocycles. The van der Waals surface area contributed by atoms with Gasteiger partial charge in [0.1, 0.15) is 0 Å². The highest BCUT2D eigenvalue weighted by Gasteiger charge is 2.27. The van der Waals surface area contributed by atoms with Crippen molar-refractivity contribution in [3.05, 3.63) is 35.4 Å². The molecule has 0 aliphatic rings. The SMILES string of the molecule is CC[C@@](C)(NCCCc1ccccc1C)C(N)=O. The summed E-state index contributed by atoms with van der Waals surface area (Å²) in [5.74, 6) is -0.277. The molecule has 0 spiro atoms. The Labute approximate surface area is 110 Å². The van der Waals surface area contributed by atoms with Crippen molar-refractivity contribution in [1.82, 2.24) is 5.32 Å². The van der Waals surface area contributed by atoms with Gasteiger partial charge in [-0.1, -0.05) is 31.2 Å². The van der Waals surface area contributed by atoms with Crippen LogP contribution in [0.1, 0.15) is 37.8 Å². The normalized spacial score (nSPS) is 14.2. The monoisotopic (exact) mass is 248 g/mol. The van der Waals surface area contributed by atoms with E-state index in [4.69, 9.17) is 5.73 Å². The second kappa shape index (κ2) is 6.55. The maximum Gasteiger partial charge on any atom is 0.237 e. The van der Waals surface area contributed by atoms with Gasteiger partial charge in [-0.2, -0.15) is 0 Å². The Balaban J connectivity index is 2.39. The van der Waals surface area contributed by atoms with Crippen LogP contribution in [0.15, 0.2) is 24.3 Å². The molecule has 1 aromatic rings. The molecule has 1 atom stereocenters. The first kappa shape index (κ1) is 14.7. The van der Waals surface area contributed by atoms with Gasteiger partial charge in [0.15, 0.2) is 0 Å². The molecule has 0 aliphatic carbocycles. The highest BCUT2D eigenvalue weighted by atomic mass is 16.1. The highest BCUT2D eigenvalue weighted by Crippen LogP contribution is 2.11. The second-order valence-corrected chi connectivity index (χ2v) is 5.01. The van der Waals surface area contributed by atoms with Gasteiger partial charge in [0.05, 0.1) is 5.54 Å². The van der Waals surface area contributed by atoms with E-state index in [1.165, 1.54) is 11.1 Å². The molecule has 18 heavy (non-hydrogen) atoms. The number of nitrogens with one attached hydrogen (secondary N) is 1. The van der Waals surface area contributed by atoms with Crippen LogP contribution in [0.3, 0.4) is 0 Å². The molecular formula is C15H24N2O. The van der Waals surface area contributed by atoms with E-state index in [1.54, 1.807) is 0 Å². The van der Waals surface area contributed by atoms with Gasteiger partial charge in [-0.25, -0.2) is 0 Å². The number of hydrogen-bond acceptors (Lipinski definition) is 2. The van der Waals surface area contributed by atoms with Crippen molar-refractivity contribution in [2.75, 3.05) is 6.54 Å². The third-order valence-electron chi connectivity index (χ3n) is 3.65. The molecule has 3 N–H and O–H groups in total. The number of aryl methyl sites for hydroxylation is 2. The van der Waals surface area contributed by atoms with Gasteiger partial charge in [-0.3, -0.25) is 4.79 Å². The molecule has 1 rings (SSSR count). The fourth-order valence-corrected chi connectivity index (χ4v) is 1.92. The van der Waals surface area contributed by atoms with Crippen LogP contribution in [0, 0.1) is 6.92 Å². The van der Waals surface area contributed by atoms with Crippen molar-refractivity contribution < 1.29 is 4.79 Å². The minimum absolute atomic E-state index is 0.277. The average molecular weight is 248 g/mol. The van der Waals surface area contributed by atoms with Gasteiger partial charge >= 0.3 is 0 Å². The Morgan fingerprint density at radius 1 is 1.39 bits per heavy atom. The van der Waals surface area contributed by atoms with Crippen LogP contribution in [-0.4, -0.2) is 18.0 Å². The zero-order chi connectivity index (χ0) is 13.6. The number of benzene rings is 1. The number of carbonyl (C=O) groups is 1. The van der Waals surface area contributed by atoms with E-state index in [1.807, 2.05) is 13.8 Å². The molecular weight excluding hydrogens is 224 g/mol. The number of primary amides is 1. The topological polar surface area (TPSA) is 55.1 Å². The lowest BCUT2D eigenvalue weighted by Gasteiger charge is -2.26. The molecule has 1 aromatic carbocycles. The molecule has 0 radical (unpaired) electrons. The van der Waals surface area contributed by atoms with Crippen molar-refractivity contribution in [3.8, 4) is 0 Å². The van der Waals surface area contributed by atoms with Crippen LogP contribution >= 0.6 is 0 Å². The maximum absolute atomic E-state index is 11.3. The number of amides is 1. The predicted molar refractivity (Wildman–Crippen MR) is 75.4 cm³/mol. The van der Waals surface area contributed by atoms with Gasteiger partial charge < -0.3 is 11.1 Å². The molecule has 0 unspecified atom stereocenters. The van der Waals surface area contributed by atoms with Crippen LogP contribution in [-0.2, 0) is 11.2 Å². The lowest BCUT2D eigenvalue weighted by molar-refractivity contribution is -0.123. The quantitative estimate of drug-likeness (QED) is 0.727. The Kier molecular flexibility index (Phi) is 5.35. The molecule has 100 valence electrons. The van der Waals surface area contributed by atoms with Gasteiger partial charge in [-0.15, -0.1) is 0 Å². The summed E-state index contributed by atoms with van der Waals surface area (Å²) in [6, 6.07) is 8.40. The van der Waals surface area contributed by atoms with E-state index in [0.29, 0.717) is 6.42 Å². The first-order valence-corrected chi connectivity index (χ1v) is 6.59. The lowest BCUT2D eigenvalue weighted by Crippen LogP contribution is -2.52. The van der Waals surface area contributed by atoms with Crippen molar-refractivity contribution in [1.29, 1.82) is 0 Å². The van der Waals surface area contributed by atoms with Crippen molar-refractivity contribution >= 4 is 5.91 Å². The molecule has 0 aliphatic heterocycles. The van der Waals surface area contributed by atoms with E-state index in [0.717, 1.165) is 19.4 Å². The van der Waals surface area contributed by atoms with Crippen molar-refractivity contribution in [2.24, 2.45) is 5.73 Å². The predicted octanol–water partition coefficient (Wildman–Crippen LogP) is 2.17. The Bertz CT molecular complexity index is 403. The lowest BCUT2D eigenvalue weighted by atomic mass is 9.97. The summed E-state index contributed by atoms with van der Waals surface area (Å²) in [6.07, 6.45) is 2.75. The van der Waals surface area contributed by atoms with Crippen LogP contribution in [0.25, 0.3) is 0 Å². The Morgan fingerprint density at radius 3 is 2.61 bits per heavy atom. The van der Waals surface area contributed by atoms with E-state index >= 15 is 0 Å². The fourth-order valence-electron chi connectivity index (χ4n) is 1.92. The third-order valence-corrected chi connectivity index (χ3v) is 3.65. The number of hydrogen-bond donors (Lipinski definition) is 2. The summed E-state index contributed by atoms with van der Waals surface area (Å²) in [4.78, 5) is 11.3. The van der Waals surface area contributed by atoms with Gasteiger partial charge in [0.25, 0.3) is 0 Å². The average Bonchev–Trinajstić information content (AvgIpc) is 2.36. The van der Waals surface area contributed by atoms with Crippen LogP contribution in [0.4, 0.5) is 0 Å². The van der Waals surface area contributed by atoms with Crippen molar-refractivity contribution in [2.45, 2.75) is 45.6 Å². The Hall–Kier alpha value is -1.35. The molecule has 0 saturated heterocycles. The number of rotatable bonds is 7. The molecule has 0 aromatic heterocycles. The standard InChI is InChI=1S/C15H24N2O/c1-4-15(3,14(16)18)17-11-7-10-13-9-6-5-8-12(13)2/h5-6,8-9,17H,4,7,10-11H2,1-3H3,(H2,16,18)/t15-/m1/s1. The third kappa shape index (κ3) is 3.84. The van der Waals surface area contributed by atoms with E-state index in [9.17, 15) is 4.79 Å². The minimum Gasteiger partial charge on any atom is -0.368 e. The molecule has 0 bridgehead atoms. The molecule has 3 heteroatoms. The summed E-state index contributed by atoms with van der Waals surface area (Å²) in [5, 5.41) is 3.26. The zero-order valence-electron chi connectivity index (χ0n) is 11.6. The molecule has 1 amide bonds. The smallest absolute Gasteiger partial charge is 0.237 e. The zero-order valence-corrected chi connectivity index (χ0v) is 11.6. The number of nitrogens with two attached hydrogens (primary N) is 1. The Morgan fingerprint density at radius 2 is 2.06 bits per heavy atom.